The zero-order valence-electron chi connectivity index (χ0n) is 8.97. The molecule has 1 aliphatic carbocycles. The highest BCUT2D eigenvalue weighted by Crippen LogP contribution is 2.38. The van der Waals surface area contributed by atoms with Gasteiger partial charge in [-0.25, -0.2) is 0 Å². The Morgan fingerprint density at radius 3 is 2.38 bits per heavy atom. The summed E-state index contributed by atoms with van der Waals surface area (Å²) < 4.78 is 0. The van der Waals surface area contributed by atoms with Gasteiger partial charge >= 0.3 is 0 Å². The maximum Gasteiger partial charge on any atom is 0.156 e. The van der Waals surface area contributed by atoms with Crippen LogP contribution in [-0.4, -0.2) is 5.78 Å². The molecule has 0 aliphatic heterocycles. The van der Waals surface area contributed by atoms with Gasteiger partial charge in [0.05, 0.1) is 0 Å². The molecule has 1 aliphatic rings. The zero-order valence-corrected chi connectivity index (χ0v) is 10.5. The highest BCUT2D eigenvalue weighted by atomic mass is 35.5. The van der Waals surface area contributed by atoms with Gasteiger partial charge in [-0.3, -0.25) is 4.79 Å². The number of carbonyl (C=O) groups excluding carboxylic acids is 1. The number of halogens is 2. The van der Waals surface area contributed by atoms with E-state index in [4.69, 9.17) is 23.2 Å². The SMILES string of the molecule is CC1=CC(=O)CC(c2c(Cl)cccc2Cl)C1. The summed E-state index contributed by atoms with van der Waals surface area (Å²) in [6.07, 6.45) is 3.07. The topological polar surface area (TPSA) is 17.1 Å². The van der Waals surface area contributed by atoms with Gasteiger partial charge in [0, 0.05) is 16.5 Å². The van der Waals surface area contributed by atoms with Crippen molar-refractivity contribution in [1.29, 1.82) is 0 Å². The summed E-state index contributed by atoms with van der Waals surface area (Å²) in [6, 6.07) is 5.46. The van der Waals surface area contributed by atoms with Gasteiger partial charge in [-0.1, -0.05) is 34.8 Å². The molecule has 84 valence electrons. The molecule has 1 nitrogen and oxygen atoms in total. The van der Waals surface area contributed by atoms with E-state index in [1.165, 1.54) is 0 Å². The molecule has 1 atom stereocenters. The molecular formula is C13H12Cl2O. The van der Waals surface area contributed by atoms with Crippen molar-refractivity contribution in [3.8, 4) is 0 Å². The van der Waals surface area contributed by atoms with Crippen LogP contribution >= 0.6 is 23.2 Å². The number of benzene rings is 1. The molecule has 0 N–H and O–H groups in total. The van der Waals surface area contributed by atoms with Crippen molar-refractivity contribution in [3.05, 3.63) is 45.5 Å². The molecule has 0 fully saturated rings. The highest BCUT2D eigenvalue weighted by molar-refractivity contribution is 6.36. The lowest BCUT2D eigenvalue weighted by Gasteiger charge is -2.22. The fourth-order valence-electron chi connectivity index (χ4n) is 2.20. The van der Waals surface area contributed by atoms with Crippen molar-refractivity contribution < 1.29 is 4.79 Å². The Morgan fingerprint density at radius 2 is 1.81 bits per heavy atom. The maximum atomic E-state index is 11.5. The van der Waals surface area contributed by atoms with E-state index in [2.05, 4.69) is 0 Å². The second-order valence-corrected chi connectivity index (χ2v) is 5.01. The number of allylic oxidation sites excluding steroid dienone is 2. The standard InChI is InChI=1S/C13H12Cl2O/c1-8-5-9(7-10(16)6-8)13-11(14)3-2-4-12(13)15/h2-4,6,9H,5,7H2,1H3. The lowest BCUT2D eigenvalue weighted by atomic mass is 9.83. The van der Waals surface area contributed by atoms with Crippen LogP contribution in [0.15, 0.2) is 29.8 Å². The molecule has 0 aromatic heterocycles. The summed E-state index contributed by atoms with van der Waals surface area (Å²) in [6.45, 7) is 1.97. The number of hydrogen-bond donors (Lipinski definition) is 0. The zero-order chi connectivity index (χ0) is 11.7. The third kappa shape index (κ3) is 2.31. The summed E-state index contributed by atoms with van der Waals surface area (Å²) in [7, 11) is 0. The average molecular weight is 255 g/mol. The molecule has 0 saturated carbocycles. The molecule has 1 aromatic carbocycles. The Bertz CT molecular complexity index is 443. The van der Waals surface area contributed by atoms with Crippen molar-refractivity contribution >= 4 is 29.0 Å². The van der Waals surface area contributed by atoms with Crippen LogP contribution in [0.5, 0.6) is 0 Å². The lowest BCUT2D eigenvalue weighted by molar-refractivity contribution is -0.115. The fourth-order valence-corrected chi connectivity index (χ4v) is 2.91. The predicted molar refractivity (Wildman–Crippen MR) is 67.2 cm³/mol. The number of ketones is 1. The van der Waals surface area contributed by atoms with Gasteiger partial charge in [0.2, 0.25) is 0 Å². The first-order chi connectivity index (χ1) is 7.58. The van der Waals surface area contributed by atoms with Crippen LogP contribution in [0, 0.1) is 0 Å². The third-order valence-electron chi connectivity index (χ3n) is 2.83. The molecule has 0 amide bonds. The van der Waals surface area contributed by atoms with E-state index >= 15 is 0 Å². The summed E-state index contributed by atoms with van der Waals surface area (Å²) in [5, 5.41) is 1.31. The van der Waals surface area contributed by atoms with Gasteiger partial charge < -0.3 is 0 Å². The molecule has 0 bridgehead atoms. The van der Waals surface area contributed by atoms with E-state index in [-0.39, 0.29) is 11.7 Å². The van der Waals surface area contributed by atoms with Crippen molar-refractivity contribution in [3.63, 3.8) is 0 Å². The van der Waals surface area contributed by atoms with Gasteiger partial charge in [0.15, 0.2) is 5.78 Å². The van der Waals surface area contributed by atoms with E-state index in [0.29, 0.717) is 16.5 Å². The Morgan fingerprint density at radius 1 is 1.19 bits per heavy atom. The Balaban J connectivity index is 2.39. The van der Waals surface area contributed by atoms with Gasteiger partial charge in [-0.05, 0) is 43.0 Å². The molecule has 0 saturated heterocycles. The van der Waals surface area contributed by atoms with E-state index in [1.54, 1.807) is 6.08 Å². The second-order valence-electron chi connectivity index (χ2n) is 4.20. The molecule has 16 heavy (non-hydrogen) atoms. The van der Waals surface area contributed by atoms with E-state index < -0.39 is 0 Å². The minimum atomic E-state index is 0.124. The van der Waals surface area contributed by atoms with E-state index in [1.807, 2.05) is 25.1 Å². The predicted octanol–water partition coefficient (Wildman–Crippen LogP) is 4.39. The van der Waals surface area contributed by atoms with Crippen molar-refractivity contribution in [2.45, 2.75) is 25.7 Å². The van der Waals surface area contributed by atoms with Crippen LogP contribution in [0.3, 0.4) is 0 Å². The number of carbonyl (C=O) groups is 1. The highest BCUT2D eigenvalue weighted by Gasteiger charge is 2.24. The Kier molecular flexibility index (Phi) is 3.36. The normalized spacial score (nSPS) is 20.8. The summed E-state index contributed by atoms with van der Waals surface area (Å²) in [4.78, 5) is 11.5. The fraction of sp³-hybridized carbons (Fsp3) is 0.308. The number of rotatable bonds is 1. The molecule has 2 rings (SSSR count). The quantitative estimate of drug-likeness (QED) is 0.727. The van der Waals surface area contributed by atoms with Crippen LogP contribution in [0.25, 0.3) is 0 Å². The summed E-state index contributed by atoms with van der Waals surface area (Å²) >= 11 is 12.3. The van der Waals surface area contributed by atoms with Crippen LogP contribution in [-0.2, 0) is 4.79 Å². The van der Waals surface area contributed by atoms with Crippen LogP contribution in [0.2, 0.25) is 10.0 Å². The van der Waals surface area contributed by atoms with Crippen LogP contribution in [0.4, 0.5) is 0 Å². The van der Waals surface area contributed by atoms with Crippen LogP contribution < -0.4 is 0 Å². The first kappa shape index (κ1) is 11.7. The van der Waals surface area contributed by atoms with Crippen LogP contribution in [0.1, 0.15) is 31.2 Å². The van der Waals surface area contributed by atoms with Crippen molar-refractivity contribution in [2.24, 2.45) is 0 Å². The van der Waals surface area contributed by atoms with Gasteiger partial charge in [0.25, 0.3) is 0 Å². The molecule has 0 heterocycles. The maximum absolute atomic E-state index is 11.5. The molecular weight excluding hydrogens is 243 g/mol. The molecule has 0 spiro atoms. The Labute approximate surface area is 105 Å². The second kappa shape index (κ2) is 4.60. The van der Waals surface area contributed by atoms with Crippen molar-refractivity contribution in [1.82, 2.24) is 0 Å². The first-order valence-corrected chi connectivity index (χ1v) is 5.97. The third-order valence-corrected chi connectivity index (χ3v) is 3.49. The Hall–Kier alpha value is -0.790. The smallest absolute Gasteiger partial charge is 0.156 e. The molecule has 3 heteroatoms. The molecule has 0 radical (unpaired) electrons. The first-order valence-electron chi connectivity index (χ1n) is 5.22. The van der Waals surface area contributed by atoms with Gasteiger partial charge in [-0.15, -0.1) is 0 Å². The van der Waals surface area contributed by atoms with Crippen molar-refractivity contribution in [2.75, 3.05) is 0 Å². The van der Waals surface area contributed by atoms with E-state index in [9.17, 15) is 4.79 Å². The summed E-state index contributed by atoms with van der Waals surface area (Å²) in [5.41, 5.74) is 2.00. The minimum Gasteiger partial charge on any atom is -0.295 e. The molecule has 1 unspecified atom stereocenters. The van der Waals surface area contributed by atoms with E-state index in [0.717, 1.165) is 17.6 Å². The average Bonchev–Trinajstić information content (AvgIpc) is 2.15. The number of hydrogen-bond acceptors (Lipinski definition) is 1. The summed E-state index contributed by atoms with van der Waals surface area (Å²) in [5.74, 6) is 0.281. The van der Waals surface area contributed by atoms with Gasteiger partial charge in [-0.2, -0.15) is 0 Å². The van der Waals surface area contributed by atoms with Gasteiger partial charge in [0.1, 0.15) is 0 Å². The molecule has 1 aromatic rings. The largest absolute Gasteiger partial charge is 0.295 e. The monoisotopic (exact) mass is 254 g/mol. The minimum absolute atomic E-state index is 0.124. The lowest BCUT2D eigenvalue weighted by Crippen LogP contribution is -2.12.